The first-order valence-corrected chi connectivity index (χ1v) is 20.8. The van der Waals surface area contributed by atoms with Crippen LogP contribution in [0.25, 0.3) is 33.4 Å². The van der Waals surface area contributed by atoms with Gasteiger partial charge in [0.15, 0.2) is 0 Å². The summed E-state index contributed by atoms with van der Waals surface area (Å²) < 4.78 is 7.89. The first-order chi connectivity index (χ1) is 29.8. The second-order valence-corrected chi connectivity index (χ2v) is 15.3. The van der Waals surface area contributed by atoms with E-state index < -0.39 is 0 Å². The lowest BCUT2D eigenvalue weighted by Gasteiger charge is -2.57. The van der Waals surface area contributed by atoms with Crippen molar-refractivity contribution in [1.29, 1.82) is 0 Å². The highest BCUT2D eigenvalue weighted by molar-refractivity contribution is 7.14. The number of nitrogens with zero attached hydrogens (tertiary/aromatic N) is 3. The maximum atomic E-state index is 2.63. The molecule has 0 saturated carbocycles. The number of anilines is 3. The molecule has 0 bridgehead atoms. The van der Waals surface area contributed by atoms with Crippen LogP contribution in [0, 0.1) is 0 Å². The van der Waals surface area contributed by atoms with E-state index in [9.17, 15) is 0 Å². The van der Waals surface area contributed by atoms with E-state index in [0.29, 0.717) is 0 Å². The minimum atomic E-state index is -0.225. The summed E-state index contributed by atoms with van der Waals surface area (Å²) in [6.45, 7) is -0.674. The van der Waals surface area contributed by atoms with Gasteiger partial charge in [0, 0.05) is 17.1 Å². The molecule has 0 atom stereocenters. The summed E-state index contributed by atoms with van der Waals surface area (Å²) in [5, 5.41) is 0. The molecule has 9 aromatic rings. The number of para-hydroxylation sites is 3. The van der Waals surface area contributed by atoms with Crippen molar-refractivity contribution in [2.75, 3.05) is 14.2 Å². The number of hydrogen-bond donors (Lipinski definition) is 0. The van der Waals surface area contributed by atoms with E-state index in [1.807, 2.05) is 0 Å². The van der Waals surface area contributed by atoms with Crippen molar-refractivity contribution in [3.63, 3.8) is 0 Å². The summed E-state index contributed by atoms with van der Waals surface area (Å²) in [7, 11) is 0. The smallest absolute Gasteiger partial charge is 0.388 e. The molecule has 1 fully saturated rings. The molecule has 1 aliphatic rings. The molecule has 10 rings (SSSR count). The van der Waals surface area contributed by atoms with E-state index in [2.05, 4.69) is 269 Å². The van der Waals surface area contributed by atoms with Gasteiger partial charge in [0.25, 0.3) is 0 Å². The van der Waals surface area contributed by atoms with Crippen LogP contribution < -0.4 is 30.6 Å². The first-order valence-electron chi connectivity index (χ1n) is 20.8. The van der Waals surface area contributed by atoms with Gasteiger partial charge in [-0.15, -0.1) is 0 Å². The van der Waals surface area contributed by atoms with E-state index in [1.54, 1.807) is 0 Å². The van der Waals surface area contributed by atoms with Crippen molar-refractivity contribution in [2.45, 2.75) is 0 Å². The van der Waals surface area contributed by atoms with Crippen LogP contribution in [0.1, 0.15) is 0 Å². The second kappa shape index (κ2) is 16.8. The lowest BCUT2D eigenvalue weighted by atomic mass is 9.37. The summed E-state index contributed by atoms with van der Waals surface area (Å²) in [6.07, 6.45) is 0. The van der Waals surface area contributed by atoms with Crippen LogP contribution in [0.2, 0.25) is 0 Å². The van der Waals surface area contributed by atoms with Gasteiger partial charge in [-0.1, -0.05) is 218 Å². The summed E-state index contributed by atoms with van der Waals surface area (Å²) in [5.41, 5.74) is 14.2. The Morgan fingerprint density at radius 3 is 0.583 bits per heavy atom. The Morgan fingerprint density at radius 2 is 0.367 bits per heavy atom. The molecule has 9 aromatic carbocycles. The quantitative estimate of drug-likeness (QED) is 0.136. The van der Waals surface area contributed by atoms with Gasteiger partial charge in [0.2, 0.25) is 0 Å². The zero-order valence-electron chi connectivity index (χ0n) is 33.3. The maximum Gasteiger partial charge on any atom is 0.388 e. The summed E-state index contributed by atoms with van der Waals surface area (Å²) >= 11 is 0. The third-order valence-corrected chi connectivity index (χ3v) is 11.7. The van der Waals surface area contributed by atoms with Crippen LogP contribution >= 0.6 is 0 Å². The maximum absolute atomic E-state index is 2.63. The van der Waals surface area contributed by atoms with Crippen molar-refractivity contribution in [3.05, 3.63) is 255 Å². The molecule has 1 heterocycles. The zero-order chi connectivity index (χ0) is 40.1. The Kier molecular flexibility index (Phi) is 10.3. The molecule has 60 heavy (non-hydrogen) atoms. The van der Waals surface area contributed by atoms with Crippen molar-refractivity contribution >= 4 is 54.4 Å². The molecule has 3 nitrogen and oxygen atoms in total. The van der Waals surface area contributed by atoms with Crippen LogP contribution in [0.5, 0.6) is 0 Å². The van der Waals surface area contributed by atoms with E-state index in [1.165, 1.54) is 49.8 Å². The van der Waals surface area contributed by atoms with Crippen LogP contribution in [0.3, 0.4) is 0 Å². The van der Waals surface area contributed by atoms with Crippen molar-refractivity contribution in [2.24, 2.45) is 0 Å². The van der Waals surface area contributed by atoms with Gasteiger partial charge in [-0.3, -0.25) is 0 Å². The summed E-state index contributed by atoms with van der Waals surface area (Å²) in [5.74, 6) is 0. The zero-order valence-corrected chi connectivity index (χ0v) is 33.3. The van der Waals surface area contributed by atoms with Gasteiger partial charge in [0.05, 0.1) is 0 Å². The number of hydrogen-bond acceptors (Lipinski definition) is 3. The third kappa shape index (κ3) is 7.29. The molecule has 282 valence electrons. The summed E-state index contributed by atoms with van der Waals surface area (Å²) in [4.78, 5) is 0. The van der Waals surface area contributed by atoms with Gasteiger partial charge in [-0.2, -0.15) is 0 Å². The molecule has 6 heteroatoms. The molecular weight excluding hydrogens is 723 g/mol. The topological polar surface area (TPSA) is 9.72 Å². The standard InChI is InChI=1S/C54H42B3N3/c1-7-19-43(20-8-1)46-31-37-49(38-32-46)55-58(52-25-13-4-14-26-52)56(50-39-33-47(34-40-50)44-21-9-2-10-22-44)60(54-29-17-6-18-30-54)57(59(55)53-27-15-5-16-28-53)51-41-35-48(36-42-51)45-23-11-3-12-24-45/h1-42H. The predicted molar refractivity (Wildman–Crippen MR) is 259 cm³/mol. The predicted octanol–water partition coefficient (Wildman–Crippen LogP) is 10.7. The van der Waals surface area contributed by atoms with E-state index in [-0.39, 0.29) is 20.9 Å². The van der Waals surface area contributed by atoms with Crippen LogP contribution in [0.15, 0.2) is 255 Å². The van der Waals surface area contributed by atoms with Gasteiger partial charge in [-0.25, -0.2) is 0 Å². The van der Waals surface area contributed by atoms with E-state index >= 15 is 0 Å². The normalized spacial score (nSPS) is 12.8. The van der Waals surface area contributed by atoms with Gasteiger partial charge >= 0.3 is 20.9 Å². The average Bonchev–Trinajstić information content (AvgIpc) is 3.35. The SMILES string of the molecule is c1ccc(-c2ccc(B3N(c4ccccc4)B(c4ccc(-c5ccccc5)cc4)N(c4ccccc4)B(c4ccc(-c5ccccc5)cc4)N3c3ccccc3)cc2)cc1. The Bertz CT molecular complexity index is 2420. The van der Waals surface area contributed by atoms with E-state index in [4.69, 9.17) is 0 Å². The Morgan fingerprint density at radius 1 is 0.183 bits per heavy atom. The van der Waals surface area contributed by atoms with Gasteiger partial charge in [-0.05, 0) is 86.2 Å². The Balaban J connectivity index is 1.24. The van der Waals surface area contributed by atoms with Crippen molar-refractivity contribution in [3.8, 4) is 33.4 Å². The van der Waals surface area contributed by atoms with Gasteiger partial charge in [0.1, 0.15) is 0 Å². The van der Waals surface area contributed by atoms with Crippen LogP contribution in [-0.4, -0.2) is 20.9 Å². The lowest BCUT2D eigenvalue weighted by Crippen LogP contribution is -2.86. The Labute approximate surface area is 355 Å². The highest BCUT2D eigenvalue weighted by Crippen LogP contribution is 2.34. The van der Waals surface area contributed by atoms with E-state index in [0.717, 1.165) is 17.1 Å². The lowest BCUT2D eigenvalue weighted by molar-refractivity contribution is 1.29. The molecule has 0 amide bonds. The third-order valence-electron chi connectivity index (χ3n) is 11.7. The summed E-state index contributed by atoms with van der Waals surface area (Å²) in [6, 6.07) is 92.6. The Hall–Kier alpha value is -7.43. The number of rotatable bonds is 9. The van der Waals surface area contributed by atoms with Crippen molar-refractivity contribution in [1.82, 2.24) is 0 Å². The minimum Gasteiger partial charge on any atom is -0.416 e. The molecule has 0 radical (unpaired) electrons. The van der Waals surface area contributed by atoms with Gasteiger partial charge < -0.3 is 14.2 Å². The minimum absolute atomic E-state index is 0.225. The molecule has 0 unspecified atom stereocenters. The molecule has 0 aliphatic carbocycles. The first kappa shape index (κ1) is 36.9. The van der Waals surface area contributed by atoms with Crippen molar-refractivity contribution < 1.29 is 0 Å². The molecule has 0 spiro atoms. The molecule has 0 aromatic heterocycles. The fourth-order valence-electron chi connectivity index (χ4n) is 8.85. The average molecular weight is 765 g/mol. The molecular formula is C54H42B3N3. The molecule has 1 saturated heterocycles. The highest BCUT2D eigenvalue weighted by Gasteiger charge is 2.55. The second-order valence-electron chi connectivity index (χ2n) is 15.3. The largest absolute Gasteiger partial charge is 0.416 e. The fourth-order valence-corrected chi connectivity index (χ4v) is 8.85. The monoisotopic (exact) mass is 765 g/mol. The van der Waals surface area contributed by atoms with Crippen LogP contribution in [0.4, 0.5) is 17.1 Å². The highest BCUT2D eigenvalue weighted by atomic mass is 15.3. The fraction of sp³-hybridized carbons (Fsp3) is 0. The number of benzene rings is 9. The molecule has 0 N–H and O–H groups in total. The van der Waals surface area contributed by atoms with Crippen LogP contribution in [-0.2, 0) is 0 Å². The molecule has 1 aliphatic heterocycles.